The Morgan fingerprint density at radius 2 is 2.12 bits per heavy atom. The van der Waals surface area contributed by atoms with Gasteiger partial charge in [-0.25, -0.2) is 15.0 Å². The van der Waals surface area contributed by atoms with Crippen LogP contribution in [0.5, 0.6) is 0 Å². The normalized spacial score (nSPS) is 24.3. The Bertz CT molecular complexity index is 576. The number of aromatic nitrogens is 4. The summed E-state index contributed by atoms with van der Waals surface area (Å²) >= 11 is 0. The molecule has 2 aromatic heterocycles. The quantitative estimate of drug-likeness (QED) is 0.704. The Kier molecular flexibility index (Phi) is 2.29. The first-order valence-electron chi connectivity index (χ1n) is 5.55. The first-order chi connectivity index (χ1) is 8.25. The summed E-state index contributed by atoms with van der Waals surface area (Å²) in [5.74, 6) is 0.397. The third kappa shape index (κ3) is 1.66. The number of allylic oxidation sites excluding steroid dienone is 1. The molecule has 3 N–H and O–H groups in total. The van der Waals surface area contributed by atoms with Crippen molar-refractivity contribution in [1.82, 2.24) is 19.5 Å². The van der Waals surface area contributed by atoms with Crippen LogP contribution in [0.4, 0.5) is 5.82 Å². The second kappa shape index (κ2) is 3.81. The van der Waals surface area contributed by atoms with Crippen LogP contribution in [0, 0.1) is 0 Å². The monoisotopic (exact) mass is 231 g/mol. The van der Waals surface area contributed by atoms with Gasteiger partial charge in [-0.3, -0.25) is 0 Å². The van der Waals surface area contributed by atoms with Crippen molar-refractivity contribution in [3.05, 3.63) is 24.8 Å². The van der Waals surface area contributed by atoms with Crippen molar-refractivity contribution in [1.29, 1.82) is 0 Å². The van der Waals surface area contributed by atoms with E-state index in [4.69, 9.17) is 5.73 Å². The predicted octanol–water partition coefficient (Wildman–Crippen LogP) is 0.660. The largest absolute Gasteiger partial charge is 0.389 e. The number of hydrogen-bond donors (Lipinski definition) is 2. The molecule has 88 valence electrons. The molecule has 0 saturated carbocycles. The minimum absolute atomic E-state index is 0.178. The highest BCUT2D eigenvalue weighted by molar-refractivity contribution is 5.81. The molecule has 0 aromatic carbocycles. The molecule has 0 amide bonds. The van der Waals surface area contributed by atoms with E-state index in [0.29, 0.717) is 11.3 Å². The van der Waals surface area contributed by atoms with Gasteiger partial charge in [0.05, 0.1) is 18.5 Å². The molecule has 2 aromatic rings. The number of nitrogens with two attached hydrogens (primary N) is 1. The van der Waals surface area contributed by atoms with Crippen LogP contribution in [0.1, 0.15) is 18.9 Å². The smallest absolute Gasteiger partial charge is 0.165 e. The highest BCUT2D eigenvalue weighted by Crippen LogP contribution is 2.26. The van der Waals surface area contributed by atoms with Crippen LogP contribution in [0.15, 0.2) is 24.8 Å². The van der Waals surface area contributed by atoms with Crippen LogP contribution in [-0.2, 0) is 0 Å². The summed E-state index contributed by atoms with van der Waals surface area (Å²) in [7, 11) is 0. The molecule has 1 aliphatic rings. The molecular weight excluding hydrogens is 218 g/mol. The molecule has 0 bridgehead atoms. The van der Waals surface area contributed by atoms with E-state index >= 15 is 0 Å². The van der Waals surface area contributed by atoms with Gasteiger partial charge in [-0.15, -0.1) is 0 Å². The molecular formula is C11H13N5O. The zero-order chi connectivity index (χ0) is 11.8. The maximum atomic E-state index is 9.42. The minimum Gasteiger partial charge on any atom is -0.389 e. The Morgan fingerprint density at radius 3 is 2.88 bits per heavy atom. The average Bonchev–Trinajstić information content (AvgIpc) is 2.75. The van der Waals surface area contributed by atoms with Gasteiger partial charge in [0.15, 0.2) is 11.5 Å². The summed E-state index contributed by atoms with van der Waals surface area (Å²) < 4.78 is 1.97. The number of aliphatic hydroxyl groups excluding tert-OH is 1. The van der Waals surface area contributed by atoms with Crippen LogP contribution in [0.2, 0.25) is 0 Å². The first-order valence-corrected chi connectivity index (χ1v) is 5.55. The Hall–Kier alpha value is -1.95. The SMILES string of the molecule is Nc1ncnc2c1ncn2[C@@H]1C=C[C@@H](O)CC1. The van der Waals surface area contributed by atoms with Crippen molar-refractivity contribution in [3.63, 3.8) is 0 Å². The van der Waals surface area contributed by atoms with Gasteiger partial charge in [-0.1, -0.05) is 12.2 Å². The highest BCUT2D eigenvalue weighted by Gasteiger charge is 2.18. The van der Waals surface area contributed by atoms with E-state index in [1.54, 1.807) is 6.33 Å². The molecule has 0 radical (unpaired) electrons. The number of anilines is 1. The Morgan fingerprint density at radius 1 is 1.24 bits per heavy atom. The fraction of sp³-hybridized carbons (Fsp3) is 0.364. The van der Waals surface area contributed by atoms with E-state index in [9.17, 15) is 5.11 Å². The molecule has 3 rings (SSSR count). The third-order valence-electron chi connectivity index (χ3n) is 3.06. The van der Waals surface area contributed by atoms with Crippen molar-refractivity contribution in [2.75, 3.05) is 5.73 Å². The average molecular weight is 231 g/mol. The lowest BCUT2D eigenvalue weighted by atomic mass is 10.0. The van der Waals surface area contributed by atoms with E-state index < -0.39 is 0 Å². The summed E-state index contributed by atoms with van der Waals surface area (Å²) in [6, 6.07) is 0.178. The summed E-state index contributed by atoms with van der Waals surface area (Å²) in [5.41, 5.74) is 7.11. The number of imidazole rings is 1. The van der Waals surface area contributed by atoms with E-state index in [2.05, 4.69) is 15.0 Å². The van der Waals surface area contributed by atoms with Crippen LogP contribution in [0.25, 0.3) is 11.2 Å². The second-order valence-electron chi connectivity index (χ2n) is 4.18. The molecule has 0 unspecified atom stereocenters. The molecule has 6 heteroatoms. The van der Waals surface area contributed by atoms with Crippen molar-refractivity contribution < 1.29 is 5.11 Å². The number of fused-ring (bicyclic) bond motifs is 1. The second-order valence-corrected chi connectivity index (χ2v) is 4.18. The predicted molar refractivity (Wildman–Crippen MR) is 63.2 cm³/mol. The topological polar surface area (TPSA) is 89.9 Å². The zero-order valence-electron chi connectivity index (χ0n) is 9.19. The van der Waals surface area contributed by atoms with Crippen molar-refractivity contribution >= 4 is 17.0 Å². The molecule has 17 heavy (non-hydrogen) atoms. The van der Waals surface area contributed by atoms with E-state index in [1.807, 2.05) is 16.7 Å². The van der Waals surface area contributed by atoms with Gasteiger partial charge in [0.2, 0.25) is 0 Å². The van der Waals surface area contributed by atoms with E-state index in [1.165, 1.54) is 6.33 Å². The summed E-state index contributed by atoms with van der Waals surface area (Å²) in [4.78, 5) is 12.3. The number of hydrogen-bond acceptors (Lipinski definition) is 5. The van der Waals surface area contributed by atoms with Crippen LogP contribution < -0.4 is 5.73 Å². The van der Waals surface area contributed by atoms with Gasteiger partial charge >= 0.3 is 0 Å². The number of rotatable bonds is 1. The first kappa shape index (κ1) is 10.2. The summed E-state index contributed by atoms with van der Waals surface area (Å²) in [5, 5.41) is 9.42. The highest BCUT2D eigenvalue weighted by atomic mass is 16.3. The molecule has 2 heterocycles. The molecule has 0 fully saturated rings. The Balaban J connectivity index is 2.07. The molecule has 1 aliphatic carbocycles. The molecule has 0 spiro atoms. The summed E-state index contributed by atoms with van der Waals surface area (Å²) in [6.07, 6.45) is 8.24. The van der Waals surface area contributed by atoms with Crippen LogP contribution in [0.3, 0.4) is 0 Å². The van der Waals surface area contributed by atoms with Crippen molar-refractivity contribution in [2.24, 2.45) is 0 Å². The van der Waals surface area contributed by atoms with Crippen molar-refractivity contribution in [2.45, 2.75) is 25.0 Å². The van der Waals surface area contributed by atoms with E-state index in [0.717, 1.165) is 18.5 Å². The fourth-order valence-electron chi connectivity index (χ4n) is 2.14. The lowest BCUT2D eigenvalue weighted by molar-refractivity contribution is 0.195. The lowest BCUT2D eigenvalue weighted by Crippen LogP contribution is -2.15. The van der Waals surface area contributed by atoms with Gasteiger partial charge in [0.25, 0.3) is 0 Å². The standard InChI is InChI=1S/C11H13N5O/c12-10-9-11(14-5-13-10)16(6-15-9)7-1-3-8(17)4-2-7/h1,3,5-8,17H,2,4H2,(H2,12,13,14)/t7-,8-/m1/s1. The van der Waals surface area contributed by atoms with Crippen molar-refractivity contribution in [3.8, 4) is 0 Å². The van der Waals surface area contributed by atoms with Gasteiger partial charge < -0.3 is 15.4 Å². The maximum absolute atomic E-state index is 9.42. The van der Waals surface area contributed by atoms with Crippen LogP contribution >= 0.6 is 0 Å². The minimum atomic E-state index is -0.333. The zero-order valence-corrected chi connectivity index (χ0v) is 9.19. The number of nitrogen functional groups attached to an aromatic ring is 1. The van der Waals surface area contributed by atoms with Gasteiger partial charge in [0, 0.05) is 0 Å². The summed E-state index contributed by atoms with van der Waals surface area (Å²) in [6.45, 7) is 0. The van der Waals surface area contributed by atoms with E-state index in [-0.39, 0.29) is 12.1 Å². The maximum Gasteiger partial charge on any atom is 0.165 e. The van der Waals surface area contributed by atoms with Gasteiger partial charge in [0.1, 0.15) is 11.8 Å². The third-order valence-corrected chi connectivity index (χ3v) is 3.06. The van der Waals surface area contributed by atoms with Crippen LogP contribution in [-0.4, -0.2) is 30.7 Å². The Labute approximate surface area is 97.8 Å². The molecule has 6 nitrogen and oxygen atoms in total. The molecule has 0 aliphatic heterocycles. The number of aliphatic hydroxyl groups is 1. The van der Waals surface area contributed by atoms with Gasteiger partial charge in [-0.05, 0) is 12.8 Å². The molecule has 0 saturated heterocycles. The van der Waals surface area contributed by atoms with Gasteiger partial charge in [-0.2, -0.15) is 0 Å². The fourth-order valence-corrected chi connectivity index (χ4v) is 2.14. The molecule has 2 atom stereocenters. The lowest BCUT2D eigenvalue weighted by Gasteiger charge is -2.20. The number of nitrogens with zero attached hydrogens (tertiary/aromatic N) is 4.